The third kappa shape index (κ3) is 4.11. The Morgan fingerprint density at radius 2 is 2.26 bits per heavy atom. The van der Waals surface area contributed by atoms with Crippen molar-refractivity contribution >= 4 is 73.4 Å². The van der Waals surface area contributed by atoms with Crippen molar-refractivity contribution in [1.82, 2.24) is 20.2 Å². The fourth-order valence-corrected chi connectivity index (χ4v) is 6.57. The summed E-state index contributed by atoms with van der Waals surface area (Å²) in [4.78, 5) is 53.3. The molecule has 0 spiro atoms. The largest absolute Gasteiger partial charge is 0.477 e. The molecule has 3 aromatic heterocycles. The Hall–Kier alpha value is -3.56. The molecular formula is C20H18N7O5S3+. The maximum atomic E-state index is 13.0. The first-order valence-electron chi connectivity index (χ1n) is 10.1. The fourth-order valence-electron chi connectivity index (χ4n) is 3.92. The van der Waals surface area contributed by atoms with Crippen LogP contribution in [0.1, 0.15) is 5.69 Å². The van der Waals surface area contributed by atoms with Gasteiger partial charge in [0.15, 0.2) is 23.6 Å². The van der Waals surface area contributed by atoms with E-state index in [1.165, 1.54) is 35.1 Å². The molecule has 5 heterocycles. The van der Waals surface area contributed by atoms with Crippen LogP contribution in [0.4, 0.5) is 5.13 Å². The van der Waals surface area contributed by atoms with Gasteiger partial charge in [-0.05, 0) is 6.07 Å². The lowest BCUT2D eigenvalue weighted by Gasteiger charge is -2.49. The number of fused-ring (bicyclic) bond motifs is 2. The minimum Gasteiger partial charge on any atom is -0.477 e. The number of amides is 2. The number of carbonyl (C=O) groups is 3. The second-order valence-electron chi connectivity index (χ2n) is 7.49. The first-order valence-corrected chi connectivity index (χ1v) is 12.9. The highest BCUT2D eigenvalue weighted by atomic mass is 32.2. The van der Waals surface area contributed by atoms with Crippen LogP contribution in [0.15, 0.2) is 45.6 Å². The van der Waals surface area contributed by atoms with Crippen molar-refractivity contribution in [2.45, 2.75) is 18.0 Å². The molecule has 0 saturated carbocycles. The lowest BCUT2D eigenvalue weighted by molar-refractivity contribution is -0.661. The van der Waals surface area contributed by atoms with Gasteiger partial charge in [-0.1, -0.05) is 16.5 Å². The van der Waals surface area contributed by atoms with Gasteiger partial charge in [-0.3, -0.25) is 14.5 Å². The minimum atomic E-state index is -1.19. The van der Waals surface area contributed by atoms with Crippen LogP contribution in [0.3, 0.4) is 0 Å². The van der Waals surface area contributed by atoms with E-state index in [9.17, 15) is 19.5 Å². The molecule has 15 heteroatoms. The highest BCUT2D eigenvalue weighted by molar-refractivity contribution is 8.00. The van der Waals surface area contributed by atoms with Gasteiger partial charge in [-0.2, -0.15) is 4.57 Å². The molecule has 1 unspecified atom stereocenters. The van der Waals surface area contributed by atoms with Gasteiger partial charge >= 0.3 is 5.97 Å². The Morgan fingerprint density at radius 1 is 1.43 bits per heavy atom. The monoisotopic (exact) mass is 532 g/mol. The van der Waals surface area contributed by atoms with E-state index in [-0.39, 0.29) is 22.2 Å². The third-order valence-electron chi connectivity index (χ3n) is 5.42. The van der Waals surface area contributed by atoms with E-state index in [0.717, 1.165) is 21.7 Å². The lowest BCUT2D eigenvalue weighted by Crippen LogP contribution is -2.71. The van der Waals surface area contributed by atoms with Crippen molar-refractivity contribution in [2.24, 2.45) is 5.16 Å². The number of aliphatic carboxylic acids is 1. The average molecular weight is 533 g/mol. The topological polar surface area (TPSA) is 164 Å². The number of nitrogens with two attached hydrogens (primary N) is 1. The van der Waals surface area contributed by atoms with E-state index in [1.807, 2.05) is 22.9 Å². The molecule has 0 aromatic carbocycles. The van der Waals surface area contributed by atoms with Crippen molar-refractivity contribution in [3.8, 4) is 0 Å². The van der Waals surface area contributed by atoms with Crippen molar-refractivity contribution in [3.63, 3.8) is 0 Å². The molecule has 180 valence electrons. The van der Waals surface area contributed by atoms with Crippen molar-refractivity contribution in [2.75, 3.05) is 18.6 Å². The van der Waals surface area contributed by atoms with Crippen LogP contribution in [-0.4, -0.2) is 67.7 Å². The predicted octanol–water partition coefficient (Wildman–Crippen LogP) is 0.412. The number of carbonyl (C=O) groups excluding carboxylic acids is 2. The molecule has 2 aliphatic rings. The normalized spacial score (nSPS) is 20.0. The average Bonchev–Trinajstić information content (AvgIpc) is 3.49. The number of thioether (sulfide) groups is 1. The maximum absolute atomic E-state index is 13.0. The number of pyridine rings is 1. The number of thiazole rings is 2. The number of carboxylic acids is 1. The summed E-state index contributed by atoms with van der Waals surface area (Å²) in [7, 11) is 1.28. The zero-order valence-electron chi connectivity index (χ0n) is 18.1. The SMILES string of the molecule is CON=C(C(=O)NC1C(=O)N2C(C(=O)O)=C(C[n+]3cccc4ncsc43)CS[C@@H]12)c1csc(N)n1. The molecule has 0 bridgehead atoms. The van der Waals surface area contributed by atoms with Crippen LogP contribution >= 0.6 is 34.4 Å². The Balaban J connectivity index is 1.38. The summed E-state index contributed by atoms with van der Waals surface area (Å²) in [6, 6.07) is 2.81. The quantitative estimate of drug-likeness (QED) is 0.169. The molecule has 35 heavy (non-hydrogen) atoms. The number of nitrogens with zero attached hydrogens (tertiary/aromatic N) is 5. The number of oxime groups is 1. The van der Waals surface area contributed by atoms with Crippen LogP contribution in [0, 0.1) is 0 Å². The number of nitrogens with one attached hydrogen (secondary N) is 1. The van der Waals surface area contributed by atoms with Gasteiger partial charge in [-0.15, -0.1) is 23.1 Å². The van der Waals surface area contributed by atoms with Gasteiger partial charge in [0.25, 0.3) is 16.6 Å². The molecule has 5 rings (SSSR count). The molecule has 2 atom stereocenters. The molecule has 1 saturated heterocycles. The van der Waals surface area contributed by atoms with Gasteiger partial charge < -0.3 is 21.0 Å². The van der Waals surface area contributed by atoms with Gasteiger partial charge in [0.05, 0.1) is 5.51 Å². The van der Waals surface area contributed by atoms with Crippen LogP contribution in [0.25, 0.3) is 10.3 Å². The molecule has 3 aromatic rings. The first kappa shape index (κ1) is 23.2. The Labute approximate surface area is 210 Å². The molecule has 4 N–H and O–H groups in total. The van der Waals surface area contributed by atoms with Crippen LogP contribution in [0.5, 0.6) is 0 Å². The number of carboxylic acid groups (broad SMARTS) is 1. The number of rotatable bonds is 7. The molecule has 0 radical (unpaired) electrons. The second-order valence-corrected chi connectivity index (χ2v) is 10.3. The summed E-state index contributed by atoms with van der Waals surface area (Å²) in [5, 5.41) is 17.6. The van der Waals surface area contributed by atoms with E-state index in [2.05, 4.69) is 20.4 Å². The van der Waals surface area contributed by atoms with Crippen molar-refractivity contribution in [3.05, 3.63) is 46.2 Å². The zero-order valence-corrected chi connectivity index (χ0v) is 20.5. The van der Waals surface area contributed by atoms with E-state index in [4.69, 9.17) is 10.6 Å². The first-order chi connectivity index (χ1) is 16.9. The van der Waals surface area contributed by atoms with Crippen LogP contribution in [0.2, 0.25) is 0 Å². The highest BCUT2D eigenvalue weighted by Gasteiger charge is 2.54. The molecule has 1 fully saturated rings. The Kier molecular flexibility index (Phi) is 6.12. The van der Waals surface area contributed by atoms with Crippen LogP contribution < -0.4 is 15.6 Å². The fraction of sp³-hybridized carbons (Fsp3) is 0.250. The number of β-lactam (4-membered cyclic amide) rings is 1. The van der Waals surface area contributed by atoms with E-state index < -0.39 is 29.2 Å². The number of hydrogen-bond acceptors (Lipinski definition) is 11. The number of anilines is 1. The molecule has 0 aliphatic carbocycles. The van der Waals surface area contributed by atoms with Gasteiger partial charge in [-0.25, -0.2) is 14.8 Å². The summed E-state index contributed by atoms with van der Waals surface area (Å²) in [5.74, 6) is -2.00. The predicted molar refractivity (Wildman–Crippen MR) is 130 cm³/mol. The van der Waals surface area contributed by atoms with E-state index in [1.54, 1.807) is 10.9 Å². The van der Waals surface area contributed by atoms with Gasteiger partial charge in [0, 0.05) is 22.8 Å². The van der Waals surface area contributed by atoms with Crippen molar-refractivity contribution < 1.29 is 28.9 Å². The summed E-state index contributed by atoms with van der Waals surface area (Å²) in [6.45, 7) is 0.303. The molecule has 2 aliphatic heterocycles. The van der Waals surface area contributed by atoms with Gasteiger partial charge in [0.1, 0.15) is 35.4 Å². The summed E-state index contributed by atoms with van der Waals surface area (Å²) < 4.78 is 1.92. The number of aromatic nitrogens is 3. The van der Waals surface area contributed by atoms with E-state index in [0.29, 0.717) is 17.9 Å². The summed E-state index contributed by atoms with van der Waals surface area (Å²) >= 11 is 3.97. The Bertz CT molecular complexity index is 1410. The van der Waals surface area contributed by atoms with Crippen LogP contribution in [-0.2, 0) is 25.8 Å². The molecule has 12 nitrogen and oxygen atoms in total. The number of hydrogen-bond donors (Lipinski definition) is 3. The molecular weight excluding hydrogens is 514 g/mol. The third-order valence-corrected chi connectivity index (χ3v) is 8.31. The second kappa shape index (κ2) is 9.24. The van der Waals surface area contributed by atoms with Gasteiger partial charge in [0.2, 0.25) is 0 Å². The van der Waals surface area contributed by atoms with Crippen molar-refractivity contribution in [1.29, 1.82) is 0 Å². The number of nitrogen functional groups attached to an aromatic ring is 1. The Morgan fingerprint density at radius 3 is 2.97 bits per heavy atom. The smallest absolute Gasteiger partial charge is 0.352 e. The maximum Gasteiger partial charge on any atom is 0.352 e. The summed E-state index contributed by atoms with van der Waals surface area (Å²) in [5.41, 5.74) is 8.82. The summed E-state index contributed by atoms with van der Waals surface area (Å²) in [6.07, 6.45) is 1.85. The standard InChI is InChI=1S/C20H17N7O5S3/c1-32-25-12(11-7-34-20(21)23-11)15(28)24-13-16(29)27-14(19(30)31)9(6-33-18(13)27)5-26-4-2-3-10-17(26)35-8-22-10/h2-4,7-8,13,18H,5-6H2,1H3,(H3-,21,23,24,28,30,31)/p+1/t13?,18-/m0/s1. The minimum absolute atomic E-state index is 0.0590. The molecule has 2 amide bonds. The highest BCUT2D eigenvalue weighted by Crippen LogP contribution is 2.40. The van der Waals surface area contributed by atoms with E-state index >= 15 is 0 Å². The lowest BCUT2D eigenvalue weighted by atomic mass is 10.0. The zero-order chi connectivity index (χ0) is 24.7.